The SMILES string of the molecule is CCc1csc(C2CCCN(C(=O)CCc3ccccc3N)C2)n1. The molecule has 0 radical (unpaired) electrons. The third-order valence-corrected chi connectivity index (χ3v) is 5.77. The van der Waals surface area contributed by atoms with E-state index in [0.717, 1.165) is 49.3 Å². The Morgan fingerprint density at radius 3 is 3.00 bits per heavy atom. The summed E-state index contributed by atoms with van der Waals surface area (Å²) in [6.45, 7) is 3.80. The molecule has 2 aromatic rings. The Morgan fingerprint density at radius 2 is 2.25 bits per heavy atom. The third kappa shape index (κ3) is 3.96. The number of carbonyl (C=O) groups excluding carboxylic acids is 1. The highest BCUT2D eigenvalue weighted by Gasteiger charge is 2.26. The first-order valence-electron chi connectivity index (χ1n) is 8.72. The van der Waals surface area contributed by atoms with E-state index >= 15 is 0 Å². The lowest BCUT2D eigenvalue weighted by Crippen LogP contribution is -2.39. The van der Waals surface area contributed by atoms with Crippen molar-refractivity contribution in [1.29, 1.82) is 0 Å². The Bertz CT molecular complexity index is 697. The van der Waals surface area contributed by atoms with E-state index in [-0.39, 0.29) is 5.91 Å². The van der Waals surface area contributed by atoms with Gasteiger partial charge in [0.15, 0.2) is 0 Å². The van der Waals surface area contributed by atoms with Gasteiger partial charge in [-0.2, -0.15) is 0 Å². The fourth-order valence-electron chi connectivity index (χ4n) is 3.24. The summed E-state index contributed by atoms with van der Waals surface area (Å²) in [5, 5.41) is 3.34. The molecule has 1 saturated heterocycles. The highest BCUT2D eigenvalue weighted by atomic mass is 32.1. The van der Waals surface area contributed by atoms with E-state index in [4.69, 9.17) is 10.7 Å². The number of benzene rings is 1. The Morgan fingerprint density at radius 1 is 1.42 bits per heavy atom. The van der Waals surface area contributed by atoms with Gasteiger partial charge in [0.25, 0.3) is 0 Å². The number of likely N-dealkylation sites (tertiary alicyclic amines) is 1. The number of aromatic nitrogens is 1. The van der Waals surface area contributed by atoms with E-state index in [0.29, 0.717) is 18.8 Å². The fourth-order valence-corrected chi connectivity index (χ4v) is 4.27. The second-order valence-electron chi connectivity index (χ2n) is 6.41. The lowest BCUT2D eigenvalue weighted by atomic mass is 9.98. The Balaban J connectivity index is 1.58. The quantitative estimate of drug-likeness (QED) is 0.844. The minimum absolute atomic E-state index is 0.232. The molecule has 2 heterocycles. The monoisotopic (exact) mass is 343 g/mol. The van der Waals surface area contributed by atoms with Gasteiger partial charge in [-0.3, -0.25) is 4.79 Å². The molecular weight excluding hydrogens is 318 g/mol. The molecule has 2 N–H and O–H groups in total. The maximum Gasteiger partial charge on any atom is 0.222 e. The summed E-state index contributed by atoms with van der Waals surface area (Å²) in [5.74, 6) is 0.630. The van der Waals surface area contributed by atoms with E-state index in [1.165, 1.54) is 5.01 Å². The van der Waals surface area contributed by atoms with Crippen LogP contribution in [-0.4, -0.2) is 28.9 Å². The maximum absolute atomic E-state index is 12.6. The summed E-state index contributed by atoms with van der Waals surface area (Å²) in [7, 11) is 0. The Kier molecular flexibility index (Phi) is 5.51. The van der Waals surface area contributed by atoms with Crippen LogP contribution in [0.4, 0.5) is 5.69 Å². The predicted molar refractivity (Wildman–Crippen MR) is 99.2 cm³/mol. The number of carbonyl (C=O) groups is 1. The lowest BCUT2D eigenvalue weighted by molar-refractivity contribution is -0.132. The largest absolute Gasteiger partial charge is 0.399 e. The van der Waals surface area contributed by atoms with Crippen LogP contribution >= 0.6 is 11.3 Å². The van der Waals surface area contributed by atoms with Crippen LogP contribution < -0.4 is 5.73 Å². The van der Waals surface area contributed by atoms with Crippen LogP contribution in [0.25, 0.3) is 0 Å². The molecular formula is C19H25N3OS. The molecule has 1 atom stereocenters. The van der Waals surface area contributed by atoms with Crippen LogP contribution in [0.2, 0.25) is 0 Å². The number of amides is 1. The van der Waals surface area contributed by atoms with Crippen LogP contribution in [0.3, 0.4) is 0 Å². The molecule has 1 fully saturated rings. The number of para-hydroxylation sites is 1. The molecule has 1 amide bonds. The van der Waals surface area contributed by atoms with Crippen molar-refractivity contribution in [2.75, 3.05) is 18.8 Å². The standard InChI is InChI=1S/C19H25N3OS/c1-2-16-13-24-19(21-16)15-7-5-11-22(12-15)18(23)10-9-14-6-3-4-8-17(14)20/h3-4,6,8,13,15H,2,5,7,9-12,20H2,1H3. The zero-order chi connectivity index (χ0) is 16.9. The number of aryl methyl sites for hydroxylation is 2. The second kappa shape index (κ2) is 7.79. The molecule has 1 unspecified atom stereocenters. The van der Waals surface area contributed by atoms with Crippen LogP contribution in [0.1, 0.15) is 48.4 Å². The average molecular weight is 343 g/mol. The van der Waals surface area contributed by atoms with E-state index < -0.39 is 0 Å². The number of rotatable bonds is 5. The number of hydrogen-bond donors (Lipinski definition) is 1. The van der Waals surface area contributed by atoms with Gasteiger partial charge in [-0.15, -0.1) is 11.3 Å². The minimum Gasteiger partial charge on any atom is -0.399 e. The number of nitrogens with two attached hydrogens (primary N) is 1. The first-order chi connectivity index (χ1) is 11.7. The summed E-state index contributed by atoms with van der Waals surface area (Å²) in [4.78, 5) is 19.3. The smallest absolute Gasteiger partial charge is 0.222 e. The van der Waals surface area contributed by atoms with Gasteiger partial charge in [-0.1, -0.05) is 25.1 Å². The summed E-state index contributed by atoms with van der Waals surface area (Å²) in [5.41, 5.74) is 8.97. The van der Waals surface area contributed by atoms with Crippen molar-refractivity contribution in [1.82, 2.24) is 9.88 Å². The number of nitrogens with zero attached hydrogens (tertiary/aromatic N) is 2. The molecule has 3 rings (SSSR count). The molecule has 24 heavy (non-hydrogen) atoms. The lowest BCUT2D eigenvalue weighted by Gasteiger charge is -2.32. The highest BCUT2D eigenvalue weighted by Crippen LogP contribution is 2.29. The predicted octanol–water partition coefficient (Wildman–Crippen LogP) is 3.63. The molecule has 4 nitrogen and oxygen atoms in total. The fraction of sp³-hybridized carbons (Fsp3) is 0.474. The molecule has 128 valence electrons. The summed E-state index contributed by atoms with van der Waals surface area (Å²) < 4.78 is 0. The van der Waals surface area contributed by atoms with Gasteiger partial charge in [0.2, 0.25) is 5.91 Å². The number of piperidine rings is 1. The molecule has 0 bridgehead atoms. The third-order valence-electron chi connectivity index (χ3n) is 4.72. The van der Waals surface area contributed by atoms with Crippen LogP contribution in [-0.2, 0) is 17.6 Å². The number of nitrogen functional groups attached to an aromatic ring is 1. The summed E-state index contributed by atoms with van der Waals surface area (Å²) >= 11 is 1.74. The minimum atomic E-state index is 0.232. The van der Waals surface area contributed by atoms with Crippen molar-refractivity contribution >= 4 is 22.9 Å². The zero-order valence-electron chi connectivity index (χ0n) is 14.2. The zero-order valence-corrected chi connectivity index (χ0v) is 15.0. The van der Waals surface area contributed by atoms with E-state index in [1.807, 2.05) is 29.2 Å². The molecule has 1 aliphatic heterocycles. The van der Waals surface area contributed by atoms with E-state index in [2.05, 4.69) is 12.3 Å². The molecule has 1 aromatic carbocycles. The maximum atomic E-state index is 12.6. The van der Waals surface area contributed by atoms with Gasteiger partial charge >= 0.3 is 0 Å². The summed E-state index contributed by atoms with van der Waals surface area (Å²) in [6.07, 6.45) is 4.41. The van der Waals surface area contributed by atoms with Crippen molar-refractivity contribution in [3.63, 3.8) is 0 Å². The van der Waals surface area contributed by atoms with Crippen molar-refractivity contribution in [2.45, 2.75) is 44.9 Å². The van der Waals surface area contributed by atoms with Gasteiger partial charge in [0, 0.05) is 36.5 Å². The van der Waals surface area contributed by atoms with E-state index in [1.54, 1.807) is 11.3 Å². The first kappa shape index (κ1) is 17.0. The second-order valence-corrected chi connectivity index (χ2v) is 7.30. The molecule has 0 saturated carbocycles. The van der Waals surface area contributed by atoms with Crippen molar-refractivity contribution in [2.24, 2.45) is 0 Å². The normalized spacial score (nSPS) is 17.9. The first-order valence-corrected chi connectivity index (χ1v) is 9.60. The summed E-state index contributed by atoms with van der Waals surface area (Å²) in [6, 6.07) is 7.79. The Hall–Kier alpha value is -1.88. The van der Waals surface area contributed by atoms with Gasteiger partial charge in [0.05, 0.1) is 10.7 Å². The van der Waals surface area contributed by atoms with Gasteiger partial charge in [0.1, 0.15) is 0 Å². The molecule has 0 aliphatic carbocycles. The molecule has 0 spiro atoms. The van der Waals surface area contributed by atoms with Crippen molar-refractivity contribution < 1.29 is 4.79 Å². The van der Waals surface area contributed by atoms with Crippen LogP contribution in [0, 0.1) is 0 Å². The molecule has 1 aliphatic rings. The topological polar surface area (TPSA) is 59.2 Å². The van der Waals surface area contributed by atoms with Crippen LogP contribution in [0.5, 0.6) is 0 Å². The average Bonchev–Trinajstić information content (AvgIpc) is 3.10. The molecule has 1 aromatic heterocycles. The van der Waals surface area contributed by atoms with Crippen molar-refractivity contribution in [3.8, 4) is 0 Å². The van der Waals surface area contributed by atoms with Gasteiger partial charge in [-0.25, -0.2) is 4.98 Å². The van der Waals surface area contributed by atoms with E-state index in [9.17, 15) is 4.79 Å². The number of hydrogen-bond acceptors (Lipinski definition) is 4. The molecule has 5 heteroatoms. The van der Waals surface area contributed by atoms with Crippen LogP contribution in [0.15, 0.2) is 29.6 Å². The van der Waals surface area contributed by atoms with Crippen molar-refractivity contribution in [3.05, 3.63) is 45.9 Å². The number of anilines is 1. The van der Waals surface area contributed by atoms with Gasteiger partial charge < -0.3 is 10.6 Å². The van der Waals surface area contributed by atoms with Gasteiger partial charge in [-0.05, 0) is 37.3 Å². The Labute approximate surface area is 147 Å². The number of thiazole rings is 1. The highest BCUT2D eigenvalue weighted by molar-refractivity contribution is 7.09.